The Morgan fingerprint density at radius 3 is 1.90 bits per heavy atom. The van der Waals surface area contributed by atoms with E-state index in [1.807, 2.05) is 26.0 Å². The second-order valence-corrected chi connectivity index (χ2v) is 15.0. The molecule has 0 bridgehead atoms. The van der Waals surface area contributed by atoms with Gasteiger partial charge in [-0.2, -0.15) is 0 Å². The summed E-state index contributed by atoms with van der Waals surface area (Å²) in [4.78, 5) is 8.87. The second kappa shape index (κ2) is 19.1. The predicted octanol–water partition coefficient (Wildman–Crippen LogP) is 15.4. The van der Waals surface area contributed by atoms with Crippen molar-refractivity contribution < 1.29 is 0 Å². The van der Waals surface area contributed by atoms with Gasteiger partial charge >= 0.3 is 0 Å². The Hall–Kier alpha value is -6.45. The van der Waals surface area contributed by atoms with Crippen LogP contribution < -0.4 is 5.32 Å². The highest BCUT2D eigenvalue weighted by Gasteiger charge is 2.18. The Balaban J connectivity index is 0.000000209. The fourth-order valence-corrected chi connectivity index (χ4v) is 7.24. The van der Waals surface area contributed by atoms with E-state index in [2.05, 4.69) is 210 Å². The molecular formula is C55H57N3. The first kappa shape index (κ1) is 41.2. The number of hydrogen-bond donors (Lipinski definition) is 2. The number of allylic oxidation sites excluding steroid dienone is 1. The molecule has 0 aliphatic heterocycles. The van der Waals surface area contributed by atoms with Gasteiger partial charge in [0, 0.05) is 27.5 Å². The van der Waals surface area contributed by atoms with Crippen molar-refractivity contribution in [2.45, 2.75) is 61.6 Å². The number of aromatic nitrogens is 1. The van der Waals surface area contributed by atoms with Crippen molar-refractivity contribution in [3.63, 3.8) is 0 Å². The Bertz CT molecular complexity index is 2630. The van der Waals surface area contributed by atoms with Gasteiger partial charge in [-0.3, -0.25) is 4.99 Å². The second-order valence-electron chi connectivity index (χ2n) is 15.0. The van der Waals surface area contributed by atoms with Crippen LogP contribution in [0.4, 0.5) is 5.69 Å². The Morgan fingerprint density at radius 2 is 1.21 bits per heavy atom. The molecule has 58 heavy (non-hydrogen) atoms. The number of anilines is 1. The van der Waals surface area contributed by atoms with E-state index in [1.54, 1.807) is 0 Å². The minimum atomic E-state index is -0.256. The molecule has 8 rings (SSSR count). The third kappa shape index (κ3) is 9.39. The number of nitrogens with zero attached hydrogens (tertiary/aromatic N) is 1. The average molecular weight is 760 g/mol. The minimum Gasteiger partial charge on any atom is -0.360 e. The summed E-state index contributed by atoms with van der Waals surface area (Å²) in [7, 11) is 0. The van der Waals surface area contributed by atoms with Gasteiger partial charge in [0.25, 0.3) is 0 Å². The summed E-state index contributed by atoms with van der Waals surface area (Å²) in [5.41, 5.74) is 17.8. The molecular weight excluding hydrogens is 703 g/mol. The number of H-pyrrole nitrogens is 1. The lowest BCUT2D eigenvalue weighted by Crippen LogP contribution is -2.16. The van der Waals surface area contributed by atoms with E-state index in [9.17, 15) is 0 Å². The van der Waals surface area contributed by atoms with Gasteiger partial charge in [-0.15, -0.1) is 0 Å². The number of para-hydroxylation sites is 1. The molecule has 0 spiro atoms. The number of hydrogen-bond acceptors (Lipinski definition) is 2. The van der Waals surface area contributed by atoms with Crippen molar-refractivity contribution in [3.05, 3.63) is 209 Å². The monoisotopic (exact) mass is 759 g/mol. The molecule has 3 nitrogen and oxygen atoms in total. The molecule has 0 aliphatic rings. The molecule has 1 atom stereocenters. The van der Waals surface area contributed by atoms with E-state index < -0.39 is 0 Å². The summed E-state index contributed by atoms with van der Waals surface area (Å²) in [5, 5.41) is 6.35. The van der Waals surface area contributed by atoms with Crippen LogP contribution in [-0.4, -0.2) is 10.7 Å². The maximum Gasteiger partial charge on any atom is 0.145 e. The molecule has 0 fully saturated rings. The maximum atomic E-state index is 5.29. The maximum absolute atomic E-state index is 5.29. The van der Waals surface area contributed by atoms with Gasteiger partial charge in [0.15, 0.2) is 0 Å². The number of fused-ring (bicyclic) bond motifs is 3. The molecule has 0 saturated carbocycles. The Labute approximate surface area is 346 Å². The van der Waals surface area contributed by atoms with Crippen LogP contribution in [-0.2, 0) is 0 Å². The number of aromatic amines is 1. The van der Waals surface area contributed by atoms with E-state index in [4.69, 9.17) is 4.99 Å². The Kier molecular flexibility index (Phi) is 13.6. The molecule has 1 heterocycles. The van der Waals surface area contributed by atoms with E-state index in [1.165, 1.54) is 66.3 Å². The number of nitrogens with one attached hydrogen (secondary N) is 2. The van der Waals surface area contributed by atoms with Crippen molar-refractivity contribution in [2.75, 3.05) is 5.32 Å². The van der Waals surface area contributed by atoms with Crippen LogP contribution >= 0.6 is 0 Å². The van der Waals surface area contributed by atoms with Crippen molar-refractivity contribution in [1.82, 2.24) is 4.98 Å². The molecule has 0 aliphatic carbocycles. The highest BCUT2D eigenvalue weighted by Crippen LogP contribution is 2.35. The molecule has 8 aromatic rings. The van der Waals surface area contributed by atoms with E-state index in [0.29, 0.717) is 0 Å². The zero-order valence-corrected chi connectivity index (χ0v) is 35.4. The smallest absolute Gasteiger partial charge is 0.145 e. The number of benzene rings is 7. The van der Waals surface area contributed by atoms with E-state index >= 15 is 0 Å². The lowest BCUT2D eigenvalue weighted by atomic mass is 9.94. The number of aliphatic imine (C=N–C) groups is 1. The molecule has 2 N–H and O–H groups in total. The van der Waals surface area contributed by atoms with Crippen LogP contribution in [0, 0.1) is 33.6 Å². The molecule has 1 aromatic heterocycles. The van der Waals surface area contributed by atoms with Crippen molar-refractivity contribution in [3.8, 4) is 22.3 Å². The molecule has 3 heteroatoms. The summed E-state index contributed by atoms with van der Waals surface area (Å²) < 4.78 is 0. The normalized spacial score (nSPS) is 11.7. The SMILES string of the molecule is C=C(/C(=N\C(Nc1cc(-c2ccc(C)cc2)ccc1C)c1ccccc1)c1ccccc1)C(C)C.CC.Cc1ccccc1-c1ccc2c([nH]c3ccccc32)c1C. The molecule has 0 saturated heterocycles. The van der Waals surface area contributed by atoms with Gasteiger partial charge in [-0.25, -0.2) is 0 Å². The molecule has 292 valence electrons. The van der Waals surface area contributed by atoms with Crippen LogP contribution in [0.2, 0.25) is 0 Å². The van der Waals surface area contributed by atoms with E-state index in [-0.39, 0.29) is 12.1 Å². The summed E-state index contributed by atoms with van der Waals surface area (Å²) in [6.07, 6.45) is -0.256. The summed E-state index contributed by atoms with van der Waals surface area (Å²) in [6.45, 7) is 21.4. The third-order valence-corrected chi connectivity index (χ3v) is 10.7. The zero-order chi connectivity index (χ0) is 41.2. The predicted molar refractivity (Wildman–Crippen MR) is 253 cm³/mol. The fourth-order valence-electron chi connectivity index (χ4n) is 7.24. The first-order valence-corrected chi connectivity index (χ1v) is 20.6. The van der Waals surface area contributed by atoms with Crippen LogP contribution in [0.25, 0.3) is 44.1 Å². The number of aryl methyl sites for hydroxylation is 4. The zero-order valence-electron chi connectivity index (χ0n) is 35.4. The van der Waals surface area contributed by atoms with Crippen molar-refractivity contribution in [1.29, 1.82) is 0 Å². The molecule has 1 unspecified atom stereocenters. The topological polar surface area (TPSA) is 40.2 Å². The van der Waals surface area contributed by atoms with Crippen LogP contribution in [0.5, 0.6) is 0 Å². The van der Waals surface area contributed by atoms with Crippen LogP contribution in [0.3, 0.4) is 0 Å². The highest BCUT2D eigenvalue weighted by molar-refractivity contribution is 6.12. The van der Waals surface area contributed by atoms with Crippen molar-refractivity contribution in [2.24, 2.45) is 10.9 Å². The first-order valence-electron chi connectivity index (χ1n) is 20.6. The van der Waals surface area contributed by atoms with Gasteiger partial charge in [-0.05, 0) is 95.8 Å². The first-order chi connectivity index (χ1) is 28.2. The molecule has 0 radical (unpaired) electrons. The Morgan fingerprint density at radius 1 is 0.586 bits per heavy atom. The minimum absolute atomic E-state index is 0.256. The van der Waals surface area contributed by atoms with Gasteiger partial charge in [-0.1, -0.05) is 191 Å². The van der Waals surface area contributed by atoms with Gasteiger partial charge in [0.05, 0.1) is 11.2 Å². The molecule has 7 aromatic carbocycles. The van der Waals surface area contributed by atoms with Gasteiger partial charge in [0.2, 0.25) is 0 Å². The van der Waals surface area contributed by atoms with Crippen LogP contribution in [0.1, 0.15) is 67.2 Å². The third-order valence-electron chi connectivity index (χ3n) is 10.7. The van der Waals surface area contributed by atoms with Crippen LogP contribution in [0.15, 0.2) is 181 Å². The summed E-state index contributed by atoms with van der Waals surface area (Å²) >= 11 is 0. The number of rotatable bonds is 9. The fraction of sp³-hybridized carbons (Fsp3) is 0.182. The standard InChI is InChI=1S/C33H34N2.C20H17N.C2H6/c1-23(2)26(5)32(28-12-8-6-9-13-28)35-33(29-14-10-7-11-15-29)34-31-22-30(21-18-25(31)4)27-19-16-24(3)17-20-27;1-13-7-3-4-8-15(13)16-11-12-18-17-9-5-6-10-19(17)21-20(18)14(16)2;1-2/h6-23,33-34H,5H2,1-4H3;3-12,21H,1-2H3;1-2H3/b35-32+;;. The van der Waals surface area contributed by atoms with Gasteiger partial charge < -0.3 is 10.3 Å². The average Bonchev–Trinajstić information content (AvgIpc) is 3.65. The lowest BCUT2D eigenvalue weighted by molar-refractivity contribution is 0.791. The van der Waals surface area contributed by atoms with Gasteiger partial charge in [0.1, 0.15) is 6.17 Å². The quantitative estimate of drug-likeness (QED) is 0.141. The highest BCUT2D eigenvalue weighted by atomic mass is 15.1. The summed E-state index contributed by atoms with van der Waals surface area (Å²) in [5.74, 6) is 0.289. The largest absolute Gasteiger partial charge is 0.360 e. The van der Waals surface area contributed by atoms with E-state index in [0.717, 1.165) is 28.1 Å². The van der Waals surface area contributed by atoms with Crippen molar-refractivity contribution >= 4 is 33.2 Å². The molecule has 0 amide bonds. The summed E-state index contributed by atoms with van der Waals surface area (Å²) in [6, 6.07) is 57.6. The lowest BCUT2D eigenvalue weighted by Gasteiger charge is -2.22.